The van der Waals surface area contributed by atoms with Crippen molar-refractivity contribution in [2.75, 3.05) is 7.05 Å². The zero-order valence-corrected chi connectivity index (χ0v) is 11.9. The summed E-state index contributed by atoms with van der Waals surface area (Å²) in [5, 5.41) is 3.85. The quantitative estimate of drug-likeness (QED) is 0.926. The van der Waals surface area contributed by atoms with Crippen LogP contribution < -0.4 is 5.32 Å². The summed E-state index contributed by atoms with van der Waals surface area (Å²) in [6.07, 6.45) is 0.852. The predicted octanol–water partition coefficient (Wildman–Crippen LogP) is 3.60. The largest absolute Gasteiger partial charge is 0.307 e. The Labute approximate surface area is 115 Å². The number of benzene rings is 1. The second kappa shape index (κ2) is 5.75. The Morgan fingerprint density at radius 3 is 2.63 bits per heavy atom. The molecule has 19 heavy (non-hydrogen) atoms. The van der Waals surface area contributed by atoms with Gasteiger partial charge in [-0.05, 0) is 26.5 Å². The molecule has 0 aliphatic rings. The first-order valence-electron chi connectivity index (χ1n) is 6.15. The fraction of sp³-hybridized carbons (Fsp3) is 0.357. The van der Waals surface area contributed by atoms with Crippen molar-refractivity contribution in [2.45, 2.75) is 26.3 Å². The van der Waals surface area contributed by atoms with Crippen molar-refractivity contribution in [3.63, 3.8) is 0 Å². The molecule has 0 amide bonds. The van der Waals surface area contributed by atoms with Crippen LogP contribution in [0, 0.1) is 18.6 Å². The second-order valence-corrected chi connectivity index (χ2v) is 5.53. The van der Waals surface area contributed by atoms with Gasteiger partial charge in [-0.15, -0.1) is 11.3 Å². The van der Waals surface area contributed by atoms with Crippen LogP contribution in [0.4, 0.5) is 8.78 Å². The van der Waals surface area contributed by atoms with Crippen LogP contribution in [-0.4, -0.2) is 12.0 Å². The first-order chi connectivity index (χ1) is 9.06. The highest BCUT2D eigenvalue weighted by Gasteiger charge is 2.21. The summed E-state index contributed by atoms with van der Waals surface area (Å²) in [6.45, 7) is 4.05. The SMILES string of the molecule is CCc1nc(C(NC)c2ccc(F)cc2F)sc1C. The molecule has 1 aromatic carbocycles. The maximum atomic E-state index is 13.9. The number of nitrogens with zero attached hydrogens (tertiary/aromatic N) is 1. The van der Waals surface area contributed by atoms with Crippen LogP contribution in [0.2, 0.25) is 0 Å². The van der Waals surface area contributed by atoms with E-state index < -0.39 is 11.6 Å². The molecule has 0 saturated carbocycles. The van der Waals surface area contributed by atoms with E-state index in [1.165, 1.54) is 12.1 Å². The van der Waals surface area contributed by atoms with Crippen LogP contribution in [0.25, 0.3) is 0 Å². The minimum Gasteiger partial charge on any atom is -0.307 e. The van der Waals surface area contributed by atoms with E-state index in [1.807, 2.05) is 13.8 Å². The maximum absolute atomic E-state index is 13.9. The average Bonchev–Trinajstić information content (AvgIpc) is 2.74. The molecule has 0 fully saturated rings. The number of nitrogens with one attached hydrogen (secondary N) is 1. The number of hydrogen-bond acceptors (Lipinski definition) is 3. The zero-order valence-electron chi connectivity index (χ0n) is 11.1. The van der Waals surface area contributed by atoms with Crippen molar-refractivity contribution < 1.29 is 8.78 Å². The Bertz CT molecular complexity index is 581. The molecule has 2 aromatic rings. The third-order valence-electron chi connectivity index (χ3n) is 3.05. The van der Waals surface area contributed by atoms with Gasteiger partial charge in [-0.2, -0.15) is 0 Å². The zero-order chi connectivity index (χ0) is 14.0. The summed E-state index contributed by atoms with van der Waals surface area (Å²) in [7, 11) is 1.75. The molecular weight excluding hydrogens is 266 g/mol. The number of halogens is 2. The lowest BCUT2D eigenvalue weighted by atomic mass is 10.1. The van der Waals surface area contributed by atoms with Crippen LogP contribution >= 0.6 is 11.3 Å². The second-order valence-electron chi connectivity index (χ2n) is 4.30. The third kappa shape index (κ3) is 2.82. The molecule has 0 saturated heterocycles. The first-order valence-corrected chi connectivity index (χ1v) is 6.96. The Balaban J connectivity index is 2.43. The van der Waals surface area contributed by atoms with E-state index in [0.717, 1.165) is 28.1 Å². The Kier molecular flexibility index (Phi) is 4.27. The van der Waals surface area contributed by atoms with Gasteiger partial charge in [-0.1, -0.05) is 13.0 Å². The van der Waals surface area contributed by atoms with Crippen LogP contribution in [-0.2, 0) is 6.42 Å². The highest BCUT2D eigenvalue weighted by atomic mass is 32.1. The van der Waals surface area contributed by atoms with Gasteiger partial charge in [0.25, 0.3) is 0 Å². The number of aromatic nitrogens is 1. The van der Waals surface area contributed by atoms with Gasteiger partial charge < -0.3 is 5.32 Å². The van der Waals surface area contributed by atoms with Crippen molar-refractivity contribution in [3.8, 4) is 0 Å². The van der Waals surface area contributed by atoms with E-state index >= 15 is 0 Å². The van der Waals surface area contributed by atoms with Crippen LogP contribution in [0.3, 0.4) is 0 Å². The van der Waals surface area contributed by atoms with Gasteiger partial charge in [-0.3, -0.25) is 0 Å². The summed E-state index contributed by atoms with van der Waals surface area (Å²) in [4.78, 5) is 5.67. The van der Waals surface area contributed by atoms with E-state index in [1.54, 1.807) is 18.4 Å². The van der Waals surface area contributed by atoms with Gasteiger partial charge >= 0.3 is 0 Å². The molecule has 0 radical (unpaired) electrons. The molecule has 0 aliphatic carbocycles. The number of aryl methyl sites for hydroxylation is 2. The van der Waals surface area contributed by atoms with Gasteiger partial charge in [0, 0.05) is 16.5 Å². The molecule has 102 valence electrons. The first kappa shape index (κ1) is 14.1. The third-order valence-corrected chi connectivity index (χ3v) is 4.13. The monoisotopic (exact) mass is 282 g/mol. The van der Waals surface area contributed by atoms with E-state index in [0.29, 0.717) is 5.56 Å². The Morgan fingerprint density at radius 2 is 2.11 bits per heavy atom. The van der Waals surface area contributed by atoms with Crippen LogP contribution in [0.5, 0.6) is 0 Å². The minimum absolute atomic E-state index is 0.343. The molecule has 1 unspecified atom stereocenters. The van der Waals surface area contributed by atoms with Gasteiger partial charge in [0.15, 0.2) is 0 Å². The number of hydrogen-bond donors (Lipinski definition) is 1. The average molecular weight is 282 g/mol. The minimum atomic E-state index is -0.569. The lowest BCUT2D eigenvalue weighted by Gasteiger charge is -2.14. The van der Waals surface area contributed by atoms with Crippen molar-refractivity contribution in [1.29, 1.82) is 0 Å². The molecule has 1 atom stereocenters. The molecule has 0 bridgehead atoms. The van der Waals surface area contributed by atoms with E-state index in [-0.39, 0.29) is 6.04 Å². The van der Waals surface area contributed by atoms with Crippen molar-refractivity contribution >= 4 is 11.3 Å². The summed E-state index contributed by atoms with van der Waals surface area (Å²) >= 11 is 1.55. The summed E-state index contributed by atoms with van der Waals surface area (Å²) < 4.78 is 26.8. The normalized spacial score (nSPS) is 12.7. The van der Waals surface area contributed by atoms with Crippen molar-refractivity contribution in [3.05, 3.63) is 51.0 Å². The number of rotatable bonds is 4. The van der Waals surface area contributed by atoms with Gasteiger partial charge in [0.05, 0.1) is 11.7 Å². The Hall–Kier alpha value is -1.33. The van der Waals surface area contributed by atoms with E-state index in [4.69, 9.17) is 0 Å². The molecule has 1 heterocycles. The standard InChI is InChI=1S/C14H16F2N2S/c1-4-12-8(2)19-14(18-12)13(17-3)10-6-5-9(15)7-11(10)16/h5-7,13,17H,4H2,1-3H3. The fourth-order valence-electron chi connectivity index (χ4n) is 2.05. The molecule has 0 spiro atoms. The molecular formula is C14H16F2N2S. The highest BCUT2D eigenvalue weighted by Crippen LogP contribution is 2.29. The van der Waals surface area contributed by atoms with Gasteiger partial charge in [-0.25, -0.2) is 13.8 Å². The summed E-state index contributed by atoms with van der Waals surface area (Å²) in [6, 6.07) is 3.29. The van der Waals surface area contributed by atoms with Gasteiger partial charge in [0.2, 0.25) is 0 Å². The van der Waals surface area contributed by atoms with Crippen molar-refractivity contribution in [2.24, 2.45) is 0 Å². The summed E-state index contributed by atoms with van der Waals surface area (Å²) in [5.74, 6) is -1.12. The molecule has 5 heteroatoms. The predicted molar refractivity (Wildman–Crippen MR) is 73.5 cm³/mol. The van der Waals surface area contributed by atoms with Crippen LogP contribution in [0.15, 0.2) is 18.2 Å². The van der Waals surface area contributed by atoms with E-state index in [2.05, 4.69) is 10.3 Å². The molecule has 0 aliphatic heterocycles. The molecule has 2 nitrogen and oxygen atoms in total. The summed E-state index contributed by atoms with van der Waals surface area (Å²) in [5.41, 5.74) is 1.45. The van der Waals surface area contributed by atoms with Gasteiger partial charge in [0.1, 0.15) is 16.6 Å². The molecule has 1 N–H and O–H groups in total. The van der Waals surface area contributed by atoms with Crippen molar-refractivity contribution in [1.82, 2.24) is 10.3 Å². The maximum Gasteiger partial charge on any atom is 0.131 e. The lowest BCUT2D eigenvalue weighted by molar-refractivity contribution is 0.550. The lowest BCUT2D eigenvalue weighted by Crippen LogP contribution is -2.19. The number of thiazole rings is 1. The highest BCUT2D eigenvalue weighted by molar-refractivity contribution is 7.11. The fourth-order valence-corrected chi connectivity index (χ4v) is 3.19. The molecule has 2 rings (SSSR count). The smallest absolute Gasteiger partial charge is 0.131 e. The molecule has 1 aromatic heterocycles. The van der Waals surface area contributed by atoms with Crippen LogP contribution in [0.1, 0.15) is 34.1 Å². The Morgan fingerprint density at radius 1 is 1.37 bits per heavy atom. The topological polar surface area (TPSA) is 24.9 Å². The van der Waals surface area contributed by atoms with E-state index in [9.17, 15) is 8.78 Å².